The number of carbonyl (C=O) groups excluding carboxylic acids is 1. The Kier molecular flexibility index (Phi) is 4.86. The number of methoxy groups -OCH3 is 1. The van der Waals surface area contributed by atoms with Crippen LogP contribution in [0.5, 0.6) is 5.75 Å². The third-order valence-corrected chi connectivity index (χ3v) is 2.63. The van der Waals surface area contributed by atoms with Gasteiger partial charge in [0.2, 0.25) is 5.91 Å². The van der Waals surface area contributed by atoms with Crippen LogP contribution in [-0.2, 0) is 9.59 Å². The lowest BCUT2D eigenvalue weighted by atomic mass is 9.95. The molecule has 1 aromatic rings. The van der Waals surface area contributed by atoms with E-state index in [1.54, 1.807) is 13.8 Å². The minimum Gasteiger partial charge on any atom is -0.494 e. The predicted octanol–water partition coefficient (Wildman–Crippen LogP) is 2.13. The van der Waals surface area contributed by atoms with Crippen LogP contribution in [-0.4, -0.2) is 24.1 Å². The molecule has 2 N–H and O–H groups in total. The van der Waals surface area contributed by atoms with Crippen molar-refractivity contribution in [2.75, 3.05) is 12.4 Å². The van der Waals surface area contributed by atoms with Gasteiger partial charge in [-0.2, -0.15) is 0 Å². The van der Waals surface area contributed by atoms with Crippen LogP contribution in [0.2, 0.25) is 0 Å². The van der Waals surface area contributed by atoms with Crippen molar-refractivity contribution in [1.82, 2.24) is 0 Å². The lowest BCUT2D eigenvalue weighted by Crippen LogP contribution is -2.33. The number of carbonyl (C=O) groups is 2. The highest BCUT2D eigenvalue weighted by molar-refractivity contribution is 6.04. The van der Waals surface area contributed by atoms with E-state index in [1.807, 2.05) is 0 Å². The maximum Gasteiger partial charge on any atom is 0.316 e. The van der Waals surface area contributed by atoms with Gasteiger partial charge in [-0.05, 0) is 18.1 Å². The van der Waals surface area contributed by atoms with Gasteiger partial charge in [-0.3, -0.25) is 9.59 Å². The molecule has 104 valence electrons. The fourth-order valence-corrected chi connectivity index (χ4v) is 1.66. The number of aliphatic carboxylic acids is 1. The minimum absolute atomic E-state index is 0.0524. The highest BCUT2D eigenvalue weighted by Gasteiger charge is 2.29. The molecule has 0 bridgehead atoms. The molecule has 0 heterocycles. The normalized spacial score (nSPS) is 12.1. The largest absolute Gasteiger partial charge is 0.494 e. The summed E-state index contributed by atoms with van der Waals surface area (Å²) >= 11 is 0. The molecule has 5 nitrogen and oxygen atoms in total. The van der Waals surface area contributed by atoms with Gasteiger partial charge in [-0.25, -0.2) is 4.39 Å². The van der Waals surface area contributed by atoms with E-state index in [2.05, 4.69) is 5.32 Å². The van der Waals surface area contributed by atoms with Gasteiger partial charge in [0.1, 0.15) is 5.92 Å². The first-order valence-electron chi connectivity index (χ1n) is 5.74. The number of carboxylic acid groups (broad SMARTS) is 1. The van der Waals surface area contributed by atoms with Gasteiger partial charge in [0.05, 0.1) is 7.11 Å². The van der Waals surface area contributed by atoms with Crippen molar-refractivity contribution in [2.24, 2.45) is 11.8 Å². The lowest BCUT2D eigenvalue weighted by Gasteiger charge is -2.16. The number of anilines is 1. The van der Waals surface area contributed by atoms with Gasteiger partial charge in [0.25, 0.3) is 0 Å². The Morgan fingerprint density at radius 1 is 1.37 bits per heavy atom. The molecule has 0 aliphatic carbocycles. The third-order valence-electron chi connectivity index (χ3n) is 2.63. The Morgan fingerprint density at radius 3 is 2.42 bits per heavy atom. The molecule has 1 atom stereocenters. The molecule has 0 saturated heterocycles. The van der Waals surface area contributed by atoms with E-state index >= 15 is 0 Å². The van der Waals surface area contributed by atoms with Crippen LogP contribution in [0, 0.1) is 17.7 Å². The summed E-state index contributed by atoms with van der Waals surface area (Å²) in [5, 5.41) is 11.4. The second-order valence-corrected chi connectivity index (χ2v) is 4.40. The van der Waals surface area contributed by atoms with E-state index in [1.165, 1.54) is 19.2 Å². The number of ether oxygens (including phenoxy) is 1. The summed E-state index contributed by atoms with van der Waals surface area (Å²) in [6.45, 7) is 3.26. The molecule has 0 radical (unpaired) electrons. The van der Waals surface area contributed by atoms with Crippen LogP contribution in [0.25, 0.3) is 0 Å². The Bertz CT molecular complexity index is 488. The Morgan fingerprint density at radius 2 is 2.00 bits per heavy atom. The number of nitrogens with one attached hydrogen (secondary N) is 1. The Balaban J connectivity index is 2.87. The van der Waals surface area contributed by atoms with Crippen molar-refractivity contribution in [1.29, 1.82) is 0 Å². The van der Waals surface area contributed by atoms with Crippen molar-refractivity contribution in [3.63, 3.8) is 0 Å². The summed E-state index contributed by atoms with van der Waals surface area (Å²) in [4.78, 5) is 22.8. The number of amides is 1. The van der Waals surface area contributed by atoms with Crippen molar-refractivity contribution in [3.8, 4) is 5.75 Å². The molecule has 0 aromatic heterocycles. The monoisotopic (exact) mass is 269 g/mol. The summed E-state index contributed by atoms with van der Waals surface area (Å²) in [6.07, 6.45) is 0. The van der Waals surface area contributed by atoms with E-state index in [-0.39, 0.29) is 17.4 Å². The zero-order valence-electron chi connectivity index (χ0n) is 10.9. The fourth-order valence-electron chi connectivity index (χ4n) is 1.66. The molecule has 1 rings (SSSR count). The van der Waals surface area contributed by atoms with Crippen molar-refractivity contribution in [3.05, 3.63) is 24.0 Å². The average Bonchev–Trinajstić information content (AvgIpc) is 2.27. The van der Waals surface area contributed by atoms with E-state index in [0.29, 0.717) is 0 Å². The predicted molar refractivity (Wildman–Crippen MR) is 67.5 cm³/mol. The average molecular weight is 269 g/mol. The quantitative estimate of drug-likeness (QED) is 0.803. The molecule has 0 aliphatic rings. The molecule has 0 spiro atoms. The number of hydrogen-bond acceptors (Lipinski definition) is 3. The number of hydrogen-bond donors (Lipinski definition) is 2. The highest BCUT2D eigenvalue weighted by Crippen LogP contribution is 2.22. The molecule has 0 fully saturated rings. The second kappa shape index (κ2) is 6.17. The zero-order valence-corrected chi connectivity index (χ0v) is 10.9. The van der Waals surface area contributed by atoms with Gasteiger partial charge >= 0.3 is 5.97 Å². The van der Waals surface area contributed by atoms with E-state index < -0.39 is 23.6 Å². The van der Waals surface area contributed by atoms with Crippen LogP contribution in [0.1, 0.15) is 13.8 Å². The number of carboxylic acids is 1. The maximum absolute atomic E-state index is 13.4. The molecule has 19 heavy (non-hydrogen) atoms. The molecular weight excluding hydrogens is 253 g/mol. The van der Waals surface area contributed by atoms with Crippen LogP contribution in [0.3, 0.4) is 0 Å². The zero-order chi connectivity index (χ0) is 14.6. The summed E-state index contributed by atoms with van der Waals surface area (Å²) in [7, 11) is 1.33. The standard InChI is InChI=1S/C13H16FNO4/c1-7(2)11(13(17)18)12(16)15-8-4-5-10(19-3)9(14)6-8/h4-7,11H,1-3H3,(H,15,16)(H,17,18). The van der Waals surface area contributed by atoms with Crippen molar-refractivity contribution < 1.29 is 23.8 Å². The number of rotatable bonds is 5. The minimum atomic E-state index is -1.21. The van der Waals surface area contributed by atoms with Gasteiger partial charge < -0.3 is 15.2 Å². The smallest absolute Gasteiger partial charge is 0.316 e. The summed E-state index contributed by atoms with van der Waals surface area (Å²) < 4.78 is 18.2. The third kappa shape index (κ3) is 3.67. The number of halogens is 1. The summed E-state index contributed by atoms with van der Waals surface area (Å²) in [5.41, 5.74) is 0.190. The van der Waals surface area contributed by atoms with E-state index in [4.69, 9.17) is 9.84 Å². The molecular formula is C13H16FNO4. The van der Waals surface area contributed by atoms with Gasteiger partial charge in [-0.1, -0.05) is 13.8 Å². The molecule has 1 aromatic carbocycles. The summed E-state index contributed by atoms with van der Waals surface area (Å²) in [5.74, 6) is -3.99. The fraction of sp³-hybridized carbons (Fsp3) is 0.385. The molecule has 0 saturated carbocycles. The van der Waals surface area contributed by atoms with Gasteiger partial charge in [0.15, 0.2) is 11.6 Å². The van der Waals surface area contributed by atoms with Gasteiger partial charge in [-0.15, -0.1) is 0 Å². The molecule has 1 unspecified atom stereocenters. The maximum atomic E-state index is 13.4. The topological polar surface area (TPSA) is 75.6 Å². The van der Waals surface area contributed by atoms with Crippen molar-refractivity contribution in [2.45, 2.75) is 13.8 Å². The summed E-state index contributed by atoms with van der Waals surface area (Å²) in [6, 6.07) is 3.88. The van der Waals surface area contributed by atoms with Crippen LogP contribution in [0.4, 0.5) is 10.1 Å². The van der Waals surface area contributed by atoms with Crippen molar-refractivity contribution >= 4 is 17.6 Å². The second-order valence-electron chi connectivity index (χ2n) is 4.40. The SMILES string of the molecule is COc1ccc(NC(=O)C(C(=O)O)C(C)C)cc1F. The van der Waals surface area contributed by atoms with Crippen LogP contribution in [0.15, 0.2) is 18.2 Å². The highest BCUT2D eigenvalue weighted by atomic mass is 19.1. The van der Waals surface area contributed by atoms with E-state index in [9.17, 15) is 14.0 Å². The first kappa shape index (κ1) is 14.9. The first-order valence-corrected chi connectivity index (χ1v) is 5.74. The van der Waals surface area contributed by atoms with Gasteiger partial charge in [0, 0.05) is 11.8 Å². The Hall–Kier alpha value is -2.11. The lowest BCUT2D eigenvalue weighted by molar-refractivity contribution is -0.147. The van der Waals surface area contributed by atoms with Crippen LogP contribution < -0.4 is 10.1 Å². The molecule has 1 amide bonds. The first-order chi connectivity index (χ1) is 8.86. The molecule has 6 heteroatoms. The Labute approximate surface area is 110 Å². The van der Waals surface area contributed by atoms with E-state index in [0.717, 1.165) is 6.07 Å². The van der Waals surface area contributed by atoms with Crippen LogP contribution >= 0.6 is 0 Å². The molecule has 0 aliphatic heterocycles. The number of benzene rings is 1.